The third-order valence-electron chi connectivity index (χ3n) is 2.01. The second-order valence-electron chi connectivity index (χ2n) is 3.68. The van der Waals surface area contributed by atoms with Crippen molar-refractivity contribution in [3.8, 4) is 0 Å². The largest absolute Gasteiger partial charge is 0.395 e. The number of hydrogen-bond donors (Lipinski definition) is 2. The van der Waals surface area contributed by atoms with Crippen LogP contribution in [0.15, 0.2) is 0 Å². The van der Waals surface area contributed by atoms with Gasteiger partial charge < -0.3 is 15.3 Å². The molecule has 0 unspecified atom stereocenters. The van der Waals surface area contributed by atoms with Crippen molar-refractivity contribution >= 4 is 0 Å². The van der Waals surface area contributed by atoms with Gasteiger partial charge in [-0.25, -0.2) is 0 Å². The first kappa shape index (κ1) is 17.3. The summed E-state index contributed by atoms with van der Waals surface area (Å²) >= 11 is 0. The molecule has 0 saturated carbocycles. The van der Waals surface area contributed by atoms with E-state index in [0.29, 0.717) is 0 Å². The van der Waals surface area contributed by atoms with Gasteiger partial charge >= 0.3 is 0 Å². The minimum Gasteiger partial charge on any atom is -0.395 e. The molecule has 0 saturated heterocycles. The summed E-state index contributed by atoms with van der Waals surface area (Å²) in [5.41, 5.74) is 0. The molecule has 0 aromatic carbocycles. The highest BCUT2D eigenvalue weighted by Gasteiger charge is 1.99. The first-order valence-electron chi connectivity index (χ1n) is 6.24. The molecule has 0 aliphatic carbocycles. The Morgan fingerprint density at radius 2 is 1.67 bits per heavy atom. The van der Waals surface area contributed by atoms with E-state index < -0.39 is 0 Å². The lowest BCUT2D eigenvalue weighted by Gasteiger charge is -2.18. The first-order chi connectivity index (χ1) is 7.26. The average Bonchev–Trinajstić information content (AvgIpc) is 2.24. The number of aliphatic hydroxyl groups is 1. The van der Waals surface area contributed by atoms with Crippen LogP contribution in [0.25, 0.3) is 0 Å². The molecule has 0 atom stereocenters. The van der Waals surface area contributed by atoms with Crippen molar-refractivity contribution < 1.29 is 5.11 Å². The number of aliphatic hydroxyl groups excluding tert-OH is 1. The van der Waals surface area contributed by atoms with Gasteiger partial charge in [0.25, 0.3) is 0 Å². The molecule has 0 fully saturated rings. The lowest BCUT2D eigenvalue weighted by atomic mass is 10.3. The maximum Gasteiger partial charge on any atom is 0.0558 e. The van der Waals surface area contributed by atoms with Crippen LogP contribution >= 0.6 is 0 Å². The highest BCUT2D eigenvalue weighted by molar-refractivity contribution is 4.54. The van der Waals surface area contributed by atoms with E-state index in [4.69, 9.17) is 5.11 Å². The van der Waals surface area contributed by atoms with Crippen molar-refractivity contribution in [2.75, 3.05) is 39.8 Å². The van der Waals surface area contributed by atoms with Crippen molar-refractivity contribution in [3.63, 3.8) is 0 Å². The summed E-state index contributed by atoms with van der Waals surface area (Å²) in [6, 6.07) is 0. The monoisotopic (exact) mass is 218 g/mol. The molecule has 0 heterocycles. The van der Waals surface area contributed by atoms with Crippen LogP contribution in [-0.4, -0.2) is 49.8 Å². The number of likely N-dealkylation sites (N-methyl/N-ethyl adjacent to an activating group) is 1. The predicted octanol–water partition coefficient (Wildman–Crippen LogP) is 1.72. The van der Waals surface area contributed by atoms with Gasteiger partial charge in [0.05, 0.1) is 6.61 Å². The van der Waals surface area contributed by atoms with Gasteiger partial charge in [0.2, 0.25) is 0 Å². The minimum absolute atomic E-state index is 0.278. The zero-order valence-corrected chi connectivity index (χ0v) is 11.1. The van der Waals surface area contributed by atoms with Crippen LogP contribution in [-0.2, 0) is 0 Å². The Bertz CT molecular complexity index is 99.6. The highest BCUT2D eigenvalue weighted by Crippen LogP contribution is 1.93. The van der Waals surface area contributed by atoms with Gasteiger partial charge in [-0.3, -0.25) is 0 Å². The standard InChI is InChI=1S/C9H22N2O.C3H8/c1-3-11(8-9-12)7-5-4-6-10-2;1-3-2/h10,12H,3-9H2,1-2H3;3H2,1-2H3. The van der Waals surface area contributed by atoms with Gasteiger partial charge in [0, 0.05) is 6.54 Å². The Morgan fingerprint density at radius 3 is 2.07 bits per heavy atom. The van der Waals surface area contributed by atoms with Crippen LogP contribution in [0, 0.1) is 0 Å². The van der Waals surface area contributed by atoms with Crippen LogP contribution in [0.3, 0.4) is 0 Å². The Balaban J connectivity index is 0. The van der Waals surface area contributed by atoms with Crippen LogP contribution < -0.4 is 5.32 Å². The fourth-order valence-corrected chi connectivity index (χ4v) is 1.21. The molecule has 0 aromatic rings. The van der Waals surface area contributed by atoms with Gasteiger partial charge in [-0.15, -0.1) is 0 Å². The number of nitrogens with zero attached hydrogens (tertiary/aromatic N) is 1. The van der Waals surface area contributed by atoms with Gasteiger partial charge in [0.15, 0.2) is 0 Å². The number of unbranched alkanes of at least 4 members (excludes halogenated alkanes) is 1. The molecule has 0 aromatic heterocycles. The third kappa shape index (κ3) is 16.5. The fraction of sp³-hybridized carbons (Fsp3) is 1.00. The summed E-state index contributed by atoms with van der Waals surface area (Å²) < 4.78 is 0. The molecule has 3 heteroatoms. The van der Waals surface area contributed by atoms with E-state index in [1.807, 2.05) is 7.05 Å². The number of hydrogen-bond acceptors (Lipinski definition) is 3. The average molecular weight is 218 g/mol. The van der Waals surface area contributed by atoms with Gasteiger partial charge in [-0.2, -0.15) is 0 Å². The van der Waals surface area contributed by atoms with Crippen LogP contribution in [0.4, 0.5) is 0 Å². The Morgan fingerprint density at radius 1 is 1.07 bits per heavy atom. The summed E-state index contributed by atoms with van der Waals surface area (Å²) in [5.74, 6) is 0. The molecule has 0 spiro atoms. The maximum absolute atomic E-state index is 8.72. The third-order valence-corrected chi connectivity index (χ3v) is 2.01. The molecule has 0 bridgehead atoms. The lowest BCUT2D eigenvalue weighted by molar-refractivity contribution is 0.200. The van der Waals surface area contributed by atoms with E-state index in [-0.39, 0.29) is 6.61 Å². The van der Waals surface area contributed by atoms with Gasteiger partial charge in [-0.1, -0.05) is 27.2 Å². The predicted molar refractivity (Wildman–Crippen MR) is 68.3 cm³/mol. The topological polar surface area (TPSA) is 35.5 Å². The SMILES string of the molecule is CCC.CCN(CCO)CCCCNC. The zero-order valence-electron chi connectivity index (χ0n) is 11.1. The van der Waals surface area contributed by atoms with Crippen molar-refractivity contribution in [2.45, 2.75) is 40.0 Å². The van der Waals surface area contributed by atoms with Crippen molar-refractivity contribution in [2.24, 2.45) is 0 Å². The van der Waals surface area contributed by atoms with E-state index in [2.05, 4.69) is 31.0 Å². The molecular weight excluding hydrogens is 188 g/mol. The van der Waals surface area contributed by atoms with Crippen molar-refractivity contribution in [1.82, 2.24) is 10.2 Å². The zero-order chi connectivity index (χ0) is 11.9. The second-order valence-corrected chi connectivity index (χ2v) is 3.68. The van der Waals surface area contributed by atoms with E-state index in [1.165, 1.54) is 19.3 Å². The highest BCUT2D eigenvalue weighted by atomic mass is 16.3. The molecule has 0 amide bonds. The maximum atomic E-state index is 8.72. The van der Waals surface area contributed by atoms with E-state index in [1.54, 1.807) is 0 Å². The van der Waals surface area contributed by atoms with E-state index in [9.17, 15) is 0 Å². The summed E-state index contributed by atoms with van der Waals surface area (Å²) in [5, 5.41) is 11.8. The van der Waals surface area contributed by atoms with Crippen molar-refractivity contribution in [3.05, 3.63) is 0 Å². The van der Waals surface area contributed by atoms with Crippen molar-refractivity contribution in [1.29, 1.82) is 0 Å². The molecular formula is C12H30N2O. The molecule has 0 aliphatic rings. The van der Waals surface area contributed by atoms with Crippen LogP contribution in [0.2, 0.25) is 0 Å². The quantitative estimate of drug-likeness (QED) is 0.609. The van der Waals surface area contributed by atoms with E-state index in [0.717, 1.165) is 26.2 Å². The molecule has 15 heavy (non-hydrogen) atoms. The minimum atomic E-state index is 0.278. The molecule has 0 radical (unpaired) electrons. The Labute approximate surface area is 95.9 Å². The summed E-state index contributed by atoms with van der Waals surface area (Å²) in [6.45, 7) is 10.7. The molecule has 2 N–H and O–H groups in total. The van der Waals surface area contributed by atoms with Gasteiger partial charge in [0.1, 0.15) is 0 Å². The van der Waals surface area contributed by atoms with Crippen LogP contribution in [0.1, 0.15) is 40.0 Å². The molecule has 94 valence electrons. The molecule has 0 rings (SSSR count). The smallest absolute Gasteiger partial charge is 0.0558 e. The van der Waals surface area contributed by atoms with E-state index >= 15 is 0 Å². The summed E-state index contributed by atoms with van der Waals surface area (Å²) in [6.07, 6.45) is 3.69. The summed E-state index contributed by atoms with van der Waals surface area (Å²) in [7, 11) is 1.98. The number of rotatable bonds is 8. The Kier molecular flexibility index (Phi) is 18.8. The normalized spacial score (nSPS) is 10.0. The van der Waals surface area contributed by atoms with Crippen LogP contribution in [0.5, 0.6) is 0 Å². The molecule has 3 nitrogen and oxygen atoms in total. The first-order valence-corrected chi connectivity index (χ1v) is 6.24. The fourth-order valence-electron chi connectivity index (χ4n) is 1.21. The van der Waals surface area contributed by atoms with Gasteiger partial charge in [-0.05, 0) is 39.5 Å². The second kappa shape index (κ2) is 16.3. The molecule has 0 aliphatic heterocycles. The number of nitrogens with one attached hydrogen (secondary N) is 1. The summed E-state index contributed by atoms with van der Waals surface area (Å²) in [4.78, 5) is 2.27. The lowest BCUT2D eigenvalue weighted by Crippen LogP contribution is -2.28. The Hall–Kier alpha value is -0.120.